The molecule has 1 aliphatic heterocycles. The zero-order chi connectivity index (χ0) is 27.3. The number of aromatic nitrogens is 2. The van der Waals surface area contributed by atoms with Gasteiger partial charge in [0, 0.05) is 25.3 Å². The molecule has 2 aliphatic rings. The van der Waals surface area contributed by atoms with Gasteiger partial charge in [-0.15, -0.1) is 0 Å². The second-order valence-corrected chi connectivity index (χ2v) is 8.76. The van der Waals surface area contributed by atoms with Gasteiger partial charge < -0.3 is 25.6 Å². The molecule has 2 aromatic rings. The van der Waals surface area contributed by atoms with Gasteiger partial charge in [0.2, 0.25) is 11.9 Å². The van der Waals surface area contributed by atoms with Crippen LogP contribution in [0.2, 0.25) is 0 Å². The van der Waals surface area contributed by atoms with Crippen LogP contribution < -0.4 is 16.0 Å². The lowest BCUT2D eigenvalue weighted by molar-refractivity contribution is -0.137. The first kappa shape index (κ1) is 26.7. The first-order valence-corrected chi connectivity index (χ1v) is 11.9. The van der Waals surface area contributed by atoms with E-state index in [9.17, 15) is 22.8 Å². The van der Waals surface area contributed by atoms with Crippen molar-refractivity contribution in [3.63, 3.8) is 0 Å². The van der Waals surface area contributed by atoms with Crippen LogP contribution in [0.25, 0.3) is 5.57 Å². The Morgan fingerprint density at radius 1 is 1.26 bits per heavy atom. The molecule has 0 spiro atoms. The number of hydrogen-bond donors (Lipinski definition) is 3. The number of nitrogens with one attached hydrogen (secondary N) is 3. The molecule has 1 aromatic carbocycles. The van der Waals surface area contributed by atoms with Gasteiger partial charge in [0.25, 0.3) is 0 Å². The number of halogens is 3. The van der Waals surface area contributed by atoms with Gasteiger partial charge in [-0.05, 0) is 48.6 Å². The summed E-state index contributed by atoms with van der Waals surface area (Å²) in [6, 6.07) is 4.74. The number of anilines is 4. The van der Waals surface area contributed by atoms with Crippen molar-refractivity contribution in [2.75, 3.05) is 36.1 Å². The third-order valence-corrected chi connectivity index (χ3v) is 6.14. The van der Waals surface area contributed by atoms with Gasteiger partial charge in [0.1, 0.15) is 11.4 Å². The topological polar surface area (TPSA) is 108 Å². The largest absolute Gasteiger partial charge is 0.453 e. The zero-order valence-electron chi connectivity index (χ0n) is 20.6. The number of rotatable bonds is 7. The molecular weight excluding hydrogens is 501 g/mol. The van der Waals surface area contributed by atoms with Crippen molar-refractivity contribution in [1.82, 2.24) is 14.9 Å². The van der Waals surface area contributed by atoms with Crippen LogP contribution in [0.1, 0.15) is 30.4 Å². The van der Waals surface area contributed by atoms with Crippen LogP contribution in [0.5, 0.6) is 0 Å². The lowest BCUT2D eigenvalue weighted by Crippen LogP contribution is -2.45. The Bertz CT molecular complexity index is 1290. The van der Waals surface area contributed by atoms with Gasteiger partial charge in [-0.2, -0.15) is 18.2 Å². The molecule has 12 heteroatoms. The molecule has 1 atom stereocenters. The Morgan fingerprint density at radius 3 is 2.76 bits per heavy atom. The van der Waals surface area contributed by atoms with Crippen LogP contribution in [-0.2, 0) is 15.7 Å². The quantitative estimate of drug-likeness (QED) is 0.416. The Kier molecular flexibility index (Phi) is 7.99. The summed E-state index contributed by atoms with van der Waals surface area (Å²) in [5, 5.41) is 8.40. The van der Waals surface area contributed by atoms with Crippen LogP contribution in [0.3, 0.4) is 0 Å². The molecule has 0 saturated carbocycles. The molecule has 4 rings (SSSR count). The molecule has 38 heavy (non-hydrogen) atoms. The maximum Gasteiger partial charge on any atom is 0.421 e. The van der Waals surface area contributed by atoms with E-state index in [1.807, 2.05) is 18.2 Å². The average Bonchev–Trinajstić information content (AvgIpc) is 3.44. The van der Waals surface area contributed by atoms with Crippen molar-refractivity contribution in [3.05, 3.63) is 66.4 Å². The minimum atomic E-state index is -4.74. The van der Waals surface area contributed by atoms with Crippen molar-refractivity contribution >= 4 is 40.7 Å². The summed E-state index contributed by atoms with van der Waals surface area (Å²) in [7, 11) is 1.29. The first-order chi connectivity index (χ1) is 18.2. The van der Waals surface area contributed by atoms with Crippen LogP contribution in [0.15, 0.2) is 55.3 Å². The number of alkyl halides is 3. The number of ether oxygens (including phenoxy) is 1. The number of likely N-dealkylation sites (tertiary alicyclic amines) is 1. The maximum absolute atomic E-state index is 13.9. The number of hydrogen-bond acceptors (Lipinski definition) is 7. The molecule has 1 aromatic heterocycles. The molecule has 1 aliphatic carbocycles. The molecule has 0 unspecified atom stereocenters. The van der Waals surface area contributed by atoms with Crippen molar-refractivity contribution in [2.45, 2.75) is 31.5 Å². The van der Waals surface area contributed by atoms with Gasteiger partial charge in [0.05, 0.1) is 18.5 Å². The number of piperidine rings is 1. The van der Waals surface area contributed by atoms with Gasteiger partial charge in [-0.1, -0.05) is 30.9 Å². The predicted molar refractivity (Wildman–Crippen MR) is 138 cm³/mol. The lowest BCUT2D eigenvalue weighted by atomic mass is 10.0. The highest BCUT2D eigenvalue weighted by molar-refractivity contribution is 6.02. The first-order valence-electron chi connectivity index (χ1n) is 11.9. The van der Waals surface area contributed by atoms with E-state index in [1.54, 1.807) is 18.2 Å². The Labute approximate surface area is 217 Å². The number of benzene rings is 1. The molecule has 0 radical (unpaired) electrons. The monoisotopic (exact) mass is 528 g/mol. The predicted octanol–water partition coefficient (Wildman–Crippen LogP) is 5.35. The minimum absolute atomic E-state index is 0.0345. The highest BCUT2D eigenvalue weighted by Gasteiger charge is 2.36. The normalized spacial score (nSPS) is 17.0. The zero-order valence-corrected chi connectivity index (χ0v) is 20.6. The third-order valence-electron chi connectivity index (χ3n) is 6.14. The molecule has 2 heterocycles. The molecule has 200 valence electrons. The van der Waals surface area contributed by atoms with Gasteiger partial charge in [-0.25, -0.2) is 9.78 Å². The van der Waals surface area contributed by atoms with Crippen molar-refractivity contribution in [2.24, 2.45) is 0 Å². The Hall–Kier alpha value is -4.35. The van der Waals surface area contributed by atoms with Gasteiger partial charge in [-0.3, -0.25) is 4.79 Å². The SMILES string of the molecule is C=CC(=O)Nc1cc(C2=CC=CC2)ccc1Nc1nc(N[C@H]2CCCN(C(=O)OC)C2)ncc1C(F)(F)F. The van der Waals surface area contributed by atoms with Crippen LogP contribution >= 0.6 is 0 Å². The summed E-state index contributed by atoms with van der Waals surface area (Å²) < 4.78 is 46.3. The number of allylic oxidation sites excluding steroid dienone is 4. The summed E-state index contributed by atoms with van der Waals surface area (Å²) in [5.41, 5.74) is 1.22. The van der Waals surface area contributed by atoms with Crippen molar-refractivity contribution in [3.8, 4) is 0 Å². The minimum Gasteiger partial charge on any atom is -0.453 e. The van der Waals surface area contributed by atoms with E-state index in [1.165, 1.54) is 12.0 Å². The number of amides is 2. The fourth-order valence-electron chi connectivity index (χ4n) is 4.26. The number of nitrogens with zero attached hydrogens (tertiary/aromatic N) is 3. The van der Waals surface area contributed by atoms with Crippen LogP contribution in [0, 0.1) is 0 Å². The summed E-state index contributed by atoms with van der Waals surface area (Å²) in [5.74, 6) is -1.04. The molecule has 3 N–H and O–H groups in total. The summed E-state index contributed by atoms with van der Waals surface area (Å²) in [4.78, 5) is 33.5. The third kappa shape index (κ3) is 6.31. The molecule has 2 amide bonds. The van der Waals surface area contributed by atoms with E-state index in [0.717, 1.165) is 17.2 Å². The standard InChI is InChI=1S/C26H27F3N6O3/c1-3-22(36)32-21-13-17(16-7-4-5-8-16)10-11-20(21)33-23-19(26(27,28)29)14-30-24(34-23)31-18-9-6-12-35(15-18)25(37)38-2/h3-5,7,10-11,13-14,18H,1,6,8-9,12,15H2,2H3,(H,32,36)(H2,30,31,33,34)/t18-/m0/s1. The van der Waals surface area contributed by atoms with E-state index in [4.69, 9.17) is 4.74 Å². The number of carbonyl (C=O) groups is 2. The van der Waals surface area contributed by atoms with Crippen LogP contribution in [-0.4, -0.2) is 53.1 Å². The van der Waals surface area contributed by atoms with Gasteiger partial charge in [0.15, 0.2) is 0 Å². The Morgan fingerprint density at radius 2 is 2.08 bits per heavy atom. The molecule has 1 fully saturated rings. The summed E-state index contributed by atoms with van der Waals surface area (Å²) >= 11 is 0. The van der Waals surface area contributed by atoms with Crippen molar-refractivity contribution in [1.29, 1.82) is 0 Å². The highest BCUT2D eigenvalue weighted by atomic mass is 19.4. The number of methoxy groups -OCH3 is 1. The summed E-state index contributed by atoms with van der Waals surface area (Å²) in [6.45, 7) is 4.26. The summed E-state index contributed by atoms with van der Waals surface area (Å²) in [6.07, 6.45) is 4.43. The van der Waals surface area contributed by atoms with E-state index < -0.39 is 29.6 Å². The molecule has 9 nitrogen and oxygen atoms in total. The van der Waals surface area contributed by atoms with E-state index in [-0.39, 0.29) is 23.4 Å². The molecule has 1 saturated heterocycles. The maximum atomic E-state index is 13.9. The van der Waals surface area contributed by atoms with E-state index in [2.05, 4.69) is 32.5 Å². The highest BCUT2D eigenvalue weighted by Crippen LogP contribution is 2.37. The van der Waals surface area contributed by atoms with Crippen molar-refractivity contribution < 1.29 is 27.5 Å². The number of carbonyl (C=O) groups excluding carboxylic acids is 2. The van der Waals surface area contributed by atoms with E-state index >= 15 is 0 Å². The fourth-order valence-corrected chi connectivity index (χ4v) is 4.26. The molecular formula is C26H27F3N6O3. The second-order valence-electron chi connectivity index (χ2n) is 8.76. The second kappa shape index (κ2) is 11.4. The Balaban J connectivity index is 1.64. The van der Waals surface area contributed by atoms with Crippen LogP contribution in [0.4, 0.5) is 41.1 Å². The lowest BCUT2D eigenvalue weighted by Gasteiger charge is -2.32. The smallest absolute Gasteiger partial charge is 0.421 e. The molecule has 0 bridgehead atoms. The fraction of sp³-hybridized carbons (Fsp3) is 0.308. The van der Waals surface area contributed by atoms with Gasteiger partial charge >= 0.3 is 12.3 Å². The average molecular weight is 529 g/mol. The van der Waals surface area contributed by atoms with E-state index in [0.29, 0.717) is 38.5 Å².